The van der Waals surface area contributed by atoms with Gasteiger partial charge in [-0.1, -0.05) is 0 Å². The van der Waals surface area contributed by atoms with Gasteiger partial charge in [0.2, 0.25) is 0 Å². The van der Waals surface area contributed by atoms with Gasteiger partial charge in [-0.2, -0.15) is 0 Å². The van der Waals surface area contributed by atoms with Crippen LogP contribution in [0.15, 0.2) is 18.2 Å². The summed E-state index contributed by atoms with van der Waals surface area (Å²) < 4.78 is 9.99. The lowest BCUT2D eigenvalue weighted by Crippen LogP contribution is -2.13. The Balaban J connectivity index is 2.94. The van der Waals surface area contributed by atoms with Crippen molar-refractivity contribution in [3.8, 4) is 11.5 Å². The van der Waals surface area contributed by atoms with Crippen LogP contribution in [0.1, 0.15) is 6.92 Å². The first-order valence-electron chi connectivity index (χ1n) is 4.68. The Labute approximate surface area is 92.6 Å². The van der Waals surface area contributed by atoms with Crippen molar-refractivity contribution in [3.63, 3.8) is 0 Å². The average Bonchev–Trinajstić information content (AvgIpc) is 2.25. The molecule has 1 aromatic carbocycles. The summed E-state index contributed by atoms with van der Waals surface area (Å²) in [5, 5.41) is 19.8. The molecule has 0 aromatic heterocycles. The van der Waals surface area contributed by atoms with Crippen molar-refractivity contribution >= 4 is 5.69 Å². The number of nitrogens with zero attached hydrogens (tertiary/aromatic N) is 1. The number of aliphatic hydroxyl groups is 1. The lowest BCUT2D eigenvalue weighted by Gasteiger charge is -2.09. The number of rotatable bonds is 5. The summed E-state index contributed by atoms with van der Waals surface area (Å²) in [7, 11) is 1.43. The quantitative estimate of drug-likeness (QED) is 0.606. The second kappa shape index (κ2) is 5.32. The van der Waals surface area contributed by atoms with Gasteiger partial charge < -0.3 is 14.6 Å². The highest BCUT2D eigenvalue weighted by atomic mass is 16.6. The molecule has 0 aliphatic heterocycles. The molecule has 0 unspecified atom stereocenters. The Morgan fingerprint density at radius 3 is 2.75 bits per heavy atom. The average molecular weight is 227 g/mol. The van der Waals surface area contributed by atoms with E-state index in [2.05, 4.69) is 0 Å². The van der Waals surface area contributed by atoms with E-state index < -0.39 is 11.0 Å². The van der Waals surface area contributed by atoms with Crippen molar-refractivity contribution < 1.29 is 19.5 Å². The molecule has 0 saturated heterocycles. The monoisotopic (exact) mass is 227 g/mol. The molecule has 1 N–H and O–H groups in total. The lowest BCUT2D eigenvalue weighted by molar-refractivity contribution is -0.386. The molecule has 1 atom stereocenters. The number of nitro benzene ring substituents is 1. The molecule has 0 fully saturated rings. The van der Waals surface area contributed by atoms with E-state index in [1.165, 1.54) is 26.2 Å². The maximum Gasteiger partial charge on any atom is 0.314 e. The highest BCUT2D eigenvalue weighted by Crippen LogP contribution is 2.30. The van der Waals surface area contributed by atoms with Crippen LogP contribution in [0.3, 0.4) is 0 Å². The van der Waals surface area contributed by atoms with Crippen molar-refractivity contribution in [3.05, 3.63) is 28.3 Å². The third-order valence-corrected chi connectivity index (χ3v) is 1.84. The molecule has 0 bridgehead atoms. The number of hydrogen-bond donors (Lipinski definition) is 1. The van der Waals surface area contributed by atoms with Gasteiger partial charge in [-0.05, 0) is 19.1 Å². The van der Waals surface area contributed by atoms with Gasteiger partial charge in [0.25, 0.3) is 0 Å². The third-order valence-electron chi connectivity index (χ3n) is 1.84. The Morgan fingerprint density at radius 1 is 1.56 bits per heavy atom. The Bertz CT molecular complexity index is 377. The van der Waals surface area contributed by atoms with Gasteiger partial charge in [-0.15, -0.1) is 0 Å². The Morgan fingerprint density at radius 2 is 2.25 bits per heavy atom. The molecular formula is C10H13NO5. The summed E-state index contributed by atoms with van der Waals surface area (Å²) in [6.07, 6.45) is -0.679. The van der Waals surface area contributed by atoms with Gasteiger partial charge in [0.05, 0.1) is 24.2 Å². The zero-order chi connectivity index (χ0) is 12.1. The van der Waals surface area contributed by atoms with Crippen molar-refractivity contribution in [2.75, 3.05) is 13.7 Å². The second-order valence-electron chi connectivity index (χ2n) is 3.25. The summed E-state index contributed by atoms with van der Waals surface area (Å²) in [4.78, 5) is 10.2. The van der Waals surface area contributed by atoms with E-state index in [9.17, 15) is 10.1 Å². The molecule has 0 radical (unpaired) electrons. The minimum atomic E-state index is -0.679. The van der Waals surface area contributed by atoms with Gasteiger partial charge in [0, 0.05) is 0 Å². The summed E-state index contributed by atoms with van der Waals surface area (Å²) in [5.41, 5.74) is -0.181. The summed E-state index contributed by atoms with van der Waals surface area (Å²) in [5.74, 6) is 0.503. The Kier molecular flexibility index (Phi) is 4.07. The predicted octanol–water partition coefficient (Wildman–Crippen LogP) is 1.36. The van der Waals surface area contributed by atoms with Crippen molar-refractivity contribution in [2.24, 2.45) is 0 Å². The zero-order valence-corrected chi connectivity index (χ0v) is 9.04. The van der Waals surface area contributed by atoms with E-state index in [4.69, 9.17) is 14.6 Å². The first-order valence-corrected chi connectivity index (χ1v) is 4.68. The SMILES string of the molecule is COc1ccc(OC[C@H](C)O)c([N+](=O)[O-])c1. The topological polar surface area (TPSA) is 81.8 Å². The van der Waals surface area contributed by atoms with Crippen LogP contribution in [-0.4, -0.2) is 29.9 Å². The van der Waals surface area contributed by atoms with Gasteiger partial charge in [-0.3, -0.25) is 10.1 Å². The van der Waals surface area contributed by atoms with E-state index in [0.29, 0.717) is 5.75 Å². The molecule has 0 aliphatic rings. The Hall–Kier alpha value is -1.82. The highest BCUT2D eigenvalue weighted by molar-refractivity contribution is 5.50. The van der Waals surface area contributed by atoms with Gasteiger partial charge in [0.15, 0.2) is 5.75 Å². The maximum atomic E-state index is 10.7. The van der Waals surface area contributed by atoms with E-state index in [0.717, 1.165) is 0 Å². The van der Waals surface area contributed by atoms with Gasteiger partial charge in [-0.25, -0.2) is 0 Å². The lowest BCUT2D eigenvalue weighted by atomic mass is 10.3. The van der Waals surface area contributed by atoms with Crippen molar-refractivity contribution in [2.45, 2.75) is 13.0 Å². The number of hydrogen-bond acceptors (Lipinski definition) is 5. The van der Waals surface area contributed by atoms with Gasteiger partial charge in [0.1, 0.15) is 12.4 Å². The molecule has 6 heteroatoms. The molecule has 0 spiro atoms. The molecule has 1 aromatic rings. The summed E-state index contributed by atoms with van der Waals surface area (Å²) in [6.45, 7) is 1.54. The zero-order valence-electron chi connectivity index (χ0n) is 9.04. The number of methoxy groups -OCH3 is 1. The molecule has 6 nitrogen and oxygen atoms in total. The number of aliphatic hydroxyl groups excluding tert-OH is 1. The van der Waals surface area contributed by atoms with Crippen LogP contribution in [0, 0.1) is 10.1 Å². The minimum Gasteiger partial charge on any atom is -0.496 e. The first kappa shape index (κ1) is 12.3. The fourth-order valence-electron chi connectivity index (χ4n) is 1.10. The molecular weight excluding hydrogens is 214 g/mol. The fraction of sp³-hybridized carbons (Fsp3) is 0.400. The molecule has 88 valence electrons. The van der Waals surface area contributed by atoms with Crippen molar-refractivity contribution in [1.82, 2.24) is 0 Å². The van der Waals surface area contributed by atoms with Crippen molar-refractivity contribution in [1.29, 1.82) is 0 Å². The van der Waals surface area contributed by atoms with E-state index >= 15 is 0 Å². The van der Waals surface area contributed by atoms with E-state index in [1.54, 1.807) is 6.07 Å². The number of ether oxygens (including phenoxy) is 2. The van der Waals surface area contributed by atoms with Crippen LogP contribution in [0.25, 0.3) is 0 Å². The van der Waals surface area contributed by atoms with Crippen LogP contribution in [0.2, 0.25) is 0 Å². The normalized spacial score (nSPS) is 11.9. The molecule has 1 rings (SSSR count). The summed E-state index contributed by atoms with van der Waals surface area (Å²) >= 11 is 0. The van der Waals surface area contributed by atoms with E-state index in [1.807, 2.05) is 0 Å². The predicted molar refractivity (Wildman–Crippen MR) is 56.8 cm³/mol. The largest absolute Gasteiger partial charge is 0.496 e. The minimum absolute atomic E-state index is 0.00711. The van der Waals surface area contributed by atoms with Crippen LogP contribution in [-0.2, 0) is 0 Å². The second-order valence-corrected chi connectivity index (χ2v) is 3.25. The smallest absolute Gasteiger partial charge is 0.314 e. The van der Waals surface area contributed by atoms with Crippen LogP contribution < -0.4 is 9.47 Å². The highest BCUT2D eigenvalue weighted by Gasteiger charge is 2.16. The molecule has 16 heavy (non-hydrogen) atoms. The molecule has 0 amide bonds. The standard InChI is InChI=1S/C10H13NO5/c1-7(12)6-16-10-4-3-8(15-2)5-9(10)11(13)14/h3-5,7,12H,6H2,1-2H3/t7-/m0/s1. The molecule has 0 heterocycles. The van der Waals surface area contributed by atoms with Crippen LogP contribution in [0.5, 0.6) is 11.5 Å². The third kappa shape index (κ3) is 3.09. The van der Waals surface area contributed by atoms with Gasteiger partial charge >= 0.3 is 5.69 Å². The maximum absolute atomic E-state index is 10.7. The van der Waals surface area contributed by atoms with E-state index in [-0.39, 0.29) is 18.0 Å². The number of nitro groups is 1. The summed E-state index contributed by atoms with van der Waals surface area (Å²) in [6, 6.07) is 4.28. The van der Waals surface area contributed by atoms with Crippen LogP contribution in [0.4, 0.5) is 5.69 Å². The van der Waals surface area contributed by atoms with Crippen LogP contribution >= 0.6 is 0 Å². The first-order chi connectivity index (χ1) is 7.54. The molecule has 0 aliphatic carbocycles. The molecule has 0 saturated carbocycles. The number of benzene rings is 1. The fourth-order valence-corrected chi connectivity index (χ4v) is 1.10.